The van der Waals surface area contributed by atoms with Crippen molar-refractivity contribution in [2.45, 2.75) is 50.8 Å². The monoisotopic (exact) mass is 350 g/mol. The van der Waals surface area contributed by atoms with Gasteiger partial charge in [-0.3, -0.25) is 14.7 Å². The molecule has 7 nitrogen and oxygen atoms in total. The van der Waals surface area contributed by atoms with E-state index < -0.39 is 0 Å². The van der Waals surface area contributed by atoms with E-state index in [0.29, 0.717) is 11.1 Å². The van der Waals surface area contributed by atoms with Crippen LogP contribution in [-0.4, -0.2) is 49.6 Å². The van der Waals surface area contributed by atoms with Gasteiger partial charge >= 0.3 is 0 Å². The average Bonchev–Trinajstić information content (AvgIpc) is 3.07. The fraction of sp³-hybridized carbons (Fsp3) is 0.688. The zero-order valence-electron chi connectivity index (χ0n) is 14.3. The molecule has 4 rings (SSSR count). The number of methoxy groups -OCH3 is 1. The third-order valence-electron chi connectivity index (χ3n) is 5.11. The van der Waals surface area contributed by atoms with Gasteiger partial charge in [-0.05, 0) is 26.2 Å². The van der Waals surface area contributed by atoms with E-state index in [1.165, 1.54) is 12.8 Å². The fourth-order valence-electron chi connectivity index (χ4n) is 3.51. The first-order chi connectivity index (χ1) is 11.6. The van der Waals surface area contributed by atoms with E-state index in [9.17, 15) is 0 Å². The van der Waals surface area contributed by atoms with Gasteiger partial charge in [0.15, 0.2) is 5.82 Å². The number of rotatable bonds is 5. The summed E-state index contributed by atoms with van der Waals surface area (Å²) in [5.41, 5.74) is 2.04. The van der Waals surface area contributed by atoms with Crippen molar-refractivity contribution < 1.29 is 4.74 Å². The summed E-state index contributed by atoms with van der Waals surface area (Å²) >= 11 is 6.42. The zero-order chi connectivity index (χ0) is 16.8. The number of likely N-dealkylation sites (tertiary alicyclic amines) is 1. The molecule has 2 aromatic heterocycles. The molecule has 8 heteroatoms. The van der Waals surface area contributed by atoms with E-state index in [1.807, 2.05) is 14.0 Å². The van der Waals surface area contributed by atoms with Crippen LogP contribution in [0, 0.1) is 6.92 Å². The van der Waals surface area contributed by atoms with Crippen LogP contribution in [0.25, 0.3) is 0 Å². The van der Waals surface area contributed by atoms with Gasteiger partial charge in [0.1, 0.15) is 11.0 Å². The second-order valence-corrected chi connectivity index (χ2v) is 7.23. The Hall–Kier alpha value is -1.44. The van der Waals surface area contributed by atoms with E-state index in [2.05, 4.69) is 20.2 Å². The van der Waals surface area contributed by atoms with Crippen molar-refractivity contribution in [3.05, 3.63) is 28.1 Å². The lowest BCUT2D eigenvalue weighted by Gasteiger charge is -2.22. The Morgan fingerprint density at radius 3 is 2.79 bits per heavy atom. The quantitative estimate of drug-likeness (QED) is 0.896. The van der Waals surface area contributed by atoms with E-state index in [0.717, 1.165) is 42.4 Å². The molecule has 2 aromatic rings. The molecule has 0 radical (unpaired) electrons. The summed E-state index contributed by atoms with van der Waals surface area (Å²) in [5, 5.41) is 12.7. The molecular weight excluding hydrogens is 328 g/mol. The molecule has 0 unspecified atom stereocenters. The Labute approximate surface area is 146 Å². The number of halogens is 1. The van der Waals surface area contributed by atoms with Crippen LogP contribution in [0.15, 0.2) is 0 Å². The highest BCUT2D eigenvalue weighted by Gasteiger charge is 2.37. The minimum atomic E-state index is 0.172. The topological polar surface area (TPSA) is 71.9 Å². The van der Waals surface area contributed by atoms with Crippen LogP contribution < -0.4 is 0 Å². The minimum absolute atomic E-state index is 0.172. The predicted octanol–water partition coefficient (Wildman–Crippen LogP) is 2.34. The van der Waals surface area contributed by atoms with Gasteiger partial charge < -0.3 is 4.74 Å². The lowest BCUT2D eigenvalue weighted by molar-refractivity contribution is 0.107. The van der Waals surface area contributed by atoms with Gasteiger partial charge in [0.2, 0.25) is 0 Å². The fourth-order valence-corrected chi connectivity index (χ4v) is 3.74. The summed E-state index contributed by atoms with van der Waals surface area (Å²) in [5.74, 6) is 2.45. The lowest BCUT2D eigenvalue weighted by atomic mass is 10.1. The largest absolute Gasteiger partial charge is 0.380 e. The van der Waals surface area contributed by atoms with E-state index in [4.69, 9.17) is 21.3 Å². The molecule has 130 valence electrons. The molecule has 2 fully saturated rings. The van der Waals surface area contributed by atoms with Crippen molar-refractivity contribution in [3.63, 3.8) is 0 Å². The van der Waals surface area contributed by atoms with Crippen LogP contribution in [0.2, 0.25) is 5.15 Å². The summed E-state index contributed by atoms with van der Waals surface area (Å²) in [7, 11) is 3.64. The highest BCUT2D eigenvalue weighted by atomic mass is 35.5. The Bertz CT molecular complexity index is 737. The van der Waals surface area contributed by atoms with Crippen LogP contribution in [0.3, 0.4) is 0 Å². The van der Waals surface area contributed by atoms with Crippen molar-refractivity contribution in [3.8, 4) is 0 Å². The van der Waals surface area contributed by atoms with Gasteiger partial charge in [-0.2, -0.15) is 10.2 Å². The van der Waals surface area contributed by atoms with Crippen molar-refractivity contribution in [2.24, 2.45) is 7.05 Å². The molecule has 2 aliphatic rings. The average molecular weight is 351 g/mol. The number of nitrogens with zero attached hydrogens (tertiary/aromatic N) is 5. The first-order valence-corrected chi connectivity index (χ1v) is 8.81. The molecule has 1 aliphatic heterocycles. The summed E-state index contributed by atoms with van der Waals surface area (Å²) in [6, 6.07) is 0.172. The van der Waals surface area contributed by atoms with Crippen molar-refractivity contribution in [2.75, 3.05) is 13.7 Å². The highest BCUT2D eigenvalue weighted by Crippen LogP contribution is 2.40. The zero-order valence-corrected chi connectivity index (χ0v) is 15.0. The summed E-state index contributed by atoms with van der Waals surface area (Å²) in [6.45, 7) is 3.59. The van der Waals surface area contributed by atoms with Crippen LogP contribution in [0.1, 0.15) is 54.1 Å². The van der Waals surface area contributed by atoms with Gasteiger partial charge in [0.05, 0.1) is 17.8 Å². The Balaban J connectivity index is 1.58. The van der Waals surface area contributed by atoms with E-state index in [1.54, 1.807) is 11.8 Å². The smallest absolute Gasteiger partial charge is 0.153 e. The summed E-state index contributed by atoms with van der Waals surface area (Å²) in [6.07, 6.45) is 3.51. The molecule has 3 heterocycles. The van der Waals surface area contributed by atoms with Gasteiger partial charge in [-0.1, -0.05) is 11.6 Å². The summed E-state index contributed by atoms with van der Waals surface area (Å²) in [4.78, 5) is 7.11. The van der Waals surface area contributed by atoms with Crippen LogP contribution in [0.4, 0.5) is 0 Å². The molecule has 1 aliphatic carbocycles. The highest BCUT2D eigenvalue weighted by molar-refractivity contribution is 6.30. The number of H-pyrrole nitrogens is 1. The molecule has 2 atom stereocenters. The van der Waals surface area contributed by atoms with Crippen LogP contribution >= 0.6 is 11.6 Å². The number of ether oxygens (including phenoxy) is 1. The Morgan fingerprint density at radius 2 is 2.17 bits per heavy atom. The maximum Gasteiger partial charge on any atom is 0.153 e. The number of nitrogens with one attached hydrogen (secondary N) is 1. The molecule has 1 N–H and O–H groups in total. The van der Waals surface area contributed by atoms with Crippen molar-refractivity contribution >= 4 is 11.6 Å². The molecule has 1 saturated carbocycles. The van der Waals surface area contributed by atoms with E-state index >= 15 is 0 Å². The Morgan fingerprint density at radius 1 is 1.38 bits per heavy atom. The predicted molar refractivity (Wildman–Crippen MR) is 89.9 cm³/mol. The first kappa shape index (κ1) is 16.1. The number of aryl methyl sites for hydroxylation is 2. The van der Waals surface area contributed by atoms with Crippen LogP contribution in [-0.2, 0) is 18.3 Å². The minimum Gasteiger partial charge on any atom is -0.380 e. The first-order valence-electron chi connectivity index (χ1n) is 8.43. The third-order valence-corrected chi connectivity index (χ3v) is 5.58. The molecule has 1 saturated heterocycles. The van der Waals surface area contributed by atoms with Crippen LogP contribution in [0.5, 0.6) is 0 Å². The lowest BCUT2D eigenvalue weighted by Crippen LogP contribution is -2.25. The van der Waals surface area contributed by atoms with Gasteiger partial charge in [0, 0.05) is 38.7 Å². The molecule has 0 spiro atoms. The summed E-state index contributed by atoms with van der Waals surface area (Å²) < 4.78 is 7.33. The van der Waals surface area contributed by atoms with Crippen molar-refractivity contribution in [1.82, 2.24) is 29.9 Å². The number of hydrogen-bond donors (Lipinski definition) is 1. The third kappa shape index (κ3) is 2.85. The number of hydrogen-bond acceptors (Lipinski definition) is 5. The SMILES string of the molecule is CO[C@@H]1C[C@@H](c2nc(C3CC3)n[nH]2)N(Cc2c(C)nn(C)c2Cl)C1. The van der Waals surface area contributed by atoms with Gasteiger partial charge in [0.25, 0.3) is 0 Å². The normalized spacial score (nSPS) is 24.8. The molecular formula is C16H23ClN6O. The maximum atomic E-state index is 6.42. The second kappa shape index (κ2) is 6.13. The van der Waals surface area contributed by atoms with Crippen molar-refractivity contribution in [1.29, 1.82) is 0 Å². The molecule has 0 aromatic carbocycles. The second-order valence-electron chi connectivity index (χ2n) is 6.87. The standard InChI is InChI=1S/C16H23ClN6O/c1-9-12(14(17)22(2)21-9)8-23-7-11(24-3)6-13(23)16-18-15(19-20-16)10-4-5-10/h10-11,13H,4-8H2,1-3H3,(H,18,19,20)/t11-,13+/m1/s1. The Kier molecular flexibility index (Phi) is 4.10. The maximum absolute atomic E-state index is 6.42. The van der Waals surface area contributed by atoms with Gasteiger partial charge in [-0.15, -0.1) is 0 Å². The van der Waals surface area contributed by atoms with E-state index in [-0.39, 0.29) is 12.1 Å². The number of aromatic nitrogens is 5. The molecule has 0 bridgehead atoms. The molecule has 0 amide bonds. The molecule has 24 heavy (non-hydrogen) atoms. The van der Waals surface area contributed by atoms with Gasteiger partial charge in [-0.25, -0.2) is 4.98 Å². The number of aromatic amines is 1.